The maximum Gasteiger partial charge on any atom is 0.181 e. The SMILES string of the molecule is c1ccc(CSc2cocn2)cc1. The predicted octanol–water partition coefficient (Wildman–Crippen LogP) is 2.97. The van der Waals surface area contributed by atoms with Gasteiger partial charge in [-0.05, 0) is 5.56 Å². The van der Waals surface area contributed by atoms with Crippen molar-refractivity contribution in [1.29, 1.82) is 0 Å². The Balaban J connectivity index is 1.94. The molecule has 0 radical (unpaired) electrons. The summed E-state index contributed by atoms with van der Waals surface area (Å²) >= 11 is 1.68. The molecule has 0 bridgehead atoms. The van der Waals surface area contributed by atoms with Crippen LogP contribution in [0.4, 0.5) is 0 Å². The first-order chi connectivity index (χ1) is 6.45. The molecule has 0 saturated carbocycles. The molecule has 0 aliphatic rings. The van der Waals surface area contributed by atoms with E-state index in [9.17, 15) is 0 Å². The van der Waals surface area contributed by atoms with Crippen LogP contribution < -0.4 is 0 Å². The van der Waals surface area contributed by atoms with Gasteiger partial charge in [0.2, 0.25) is 0 Å². The number of rotatable bonds is 3. The molecule has 1 aromatic heterocycles. The largest absolute Gasteiger partial charge is 0.451 e. The smallest absolute Gasteiger partial charge is 0.181 e. The fraction of sp³-hybridized carbons (Fsp3) is 0.100. The van der Waals surface area contributed by atoms with E-state index >= 15 is 0 Å². The average molecular weight is 191 g/mol. The van der Waals surface area contributed by atoms with Gasteiger partial charge in [0.15, 0.2) is 6.39 Å². The first-order valence-electron chi connectivity index (χ1n) is 4.00. The molecule has 2 rings (SSSR count). The van der Waals surface area contributed by atoms with Crippen LogP contribution in [0.15, 0.2) is 52.4 Å². The highest BCUT2D eigenvalue weighted by molar-refractivity contribution is 7.98. The van der Waals surface area contributed by atoms with Gasteiger partial charge in [-0.3, -0.25) is 0 Å². The van der Waals surface area contributed by atoms with Gasteiger partial charge in [-0.1, -0.05) is 42.1 Å². The highest BCUT2D eigenvalue weighted by atomic mass is 32.2. The highest BCUT2D eigenvalue weighted by Gasteiger charge is 1.97. The monoisotopic (exact) mass is 191 g/mol. The van der Waals surface area contributed by atoms with E-state index < -0.39 is 0 Å². The fourth-order valence-electron chi connectivity index (χ4n) is 1.00. The zero-order valence-electron chi connectivity index (χ0n) is 7.01. The second-order valence-electron chi connectivity index (χ2n) is 2.60. The molecule has 3 heteroatoms. The molecule has 0 fully saturated rings. The van der Waals surface area contributed by atoms with E-state index in [4.69, 9.17) is 4.42 Å². The number of oxazole rings is 1. The van der Waals surface area contributed by atoms with Crippen molar-refractivity contribution < 1.29 is 4.42 Å². The predicted molar refractivity (Wildman–Crippen MR) is 52.5 cm³/mol. The van der Waals surface area contributed by atoms with E-state index in [-0.39, 0.29) is 0 Å². The van der Waals surface area contributed by atoms with E-state index in [2.05, 4.69) is 17.1 Å². The van der Waals surface area contributed by atoms with Crippen molar-refractivity contribution in [2.75, 3.05) is 0 Å². The number of benzene rings is 1. The topological polar surface area (TPSA) is 26.0 Å². The Morgan fingerprint density at radius 3 is 2.77 bits per heavy atom. The molecule has 0 aliphatic heterocycles. The van der Waals surface area contributed by atoms with Gasteiger partial charge < -0.3 is 4.42 Å². The fourth-order valence-corrected chi connectivity index (χ4v) is 1.75. The minimum Gasteiger partial charge on any atom is -0.451 e. The van der Waals surface area contributed by atoms with Gasteiger partial charge in [-0.2, -0.15) is 0 Å². The van der Waals surface area contributed by atoms with Crippen LogP contribution in [0.1, 0.15) is 5.56 Å². The van der Waals surface area contributed by atoms with Crippen molar-refractivity contribution in [1.82, 2.24) is 4.98 Å². The second kappa shape index (κ2) is 4.14. The Morgan fingerprint density at radius 2 is 2.08 bits per heavy atom. The first kappa shape index (κ1) is 8.38. The number of aromatic nitrogens is 1. The van der Waals surface area contributed by atoms with E-state index in [1.54, 1.807) is 18.0 Å². The molecule has 66 valence electrons. The molecule has 0 aliphatic carbocycles. The van der Waals surface area contributed by atoms with Crippen molar-refractivity contribution in [2.24, 2.45) is 0 Å². The Labute approximate surface area is 81.0 Å². The zero-order chi connectivity index (χ0) is 8.93. The van der Waals surface area contributed by atoms with Crippen molar-refractivity contribution in [2.45, 2.75) is 10.8 Å². The molecule has 0 saturated heterocycles. The molecular formula is C10H9NOS. The lowest BCUT2D eigenvalue weighted by atomic mass is 10.2. The molecule has 2 aromatic rings. The summed E-state index contributed by atoms with van der Waals surface area (Å²) in [7, 11) is 0. The maximum atomic E-state index is 4.87. The van der Waals surface area contributed by atoms with Crippen LogP contribution in [0, 0.1) is 0 Å². The molecule has 0 unspecified atom stereocenters. The molecule has 1 aromatic carbocycles. The summed E-state index contributed by atoms with van der Waals surface area (Å²) in [6.45, 7) is 0. The third-order valence-corrected chi connectivity index (χ3v) is 2.61. The van der Waals surface area contributed by atoms with E-state index in [1.807, 2.05) is 18.2 Å². The summed E-state index contributed by atoms with van der Waals surface area (Å²) in [6.07, 6.45) is 3.11. The van der Waals surface area contributed by atoms with Crippen LogP contribution in [0.3, 0.4) is 0 Å². The number of thioether (sulfide) groups is 1. The minimum atomic E-state index is 0.934. The van der Waals surface area contributed by atoms with E-state index in [0.717, 1.165) is 10.8 Å². The standard InChI is InChI=1S/C10H9NOS/c1-2-4-9(5-3-1)7-13-10-6-12-8-11-10/h1-6,8H,7H2. The Hall–Kier alpha value is -1.22. The Kier molecular flexibility index (Phi) is 2.67. The second-order valence-corrected chi connectivity index (χ2v) is 3.60. The third kappa shape index (κ3) is 2.36. The summed E-state index contributed by atoms with van der Waals surface area (Å²) in [5, 5.41) is 0.934. The lowest BCUT2D eigenvalue weighted by molar-refractivity contribution is 0.555. The van der Waals surface area contributed by atoms with Gasteiger partial charge in [0.25, 0.3) is 0 Å². The molecule has 0 amide bonds. The van der Waals surface area contributed by atoms with Gasteiger partial charge in [0.05, 0.1) is 0 Å². The van der Waals surface area contributed by atoms with E-state index in [0.29, 0.717) is 0 Å². The number of hydrogen-bond acceptors (Lipinski definition) is 3. The molecule has 1 heterocycles. The minimum absolute atomic E-state index is 0.934. The summed E-state index contributed by atoms with van der Waals surface area (Å²) in [4.78, 5) is 4.03. The van der Waals surface area contributed by atoms with Crippen molar-refractivity contribution in [3.05, 3.63) is 48.6 Å². The molecule has 13 heavy (non-hydrogen) atoms. The Bertz CT molecular complexity index is 344. The summed E-state index contributed by atoms with van der Waals surface area (Å²) in [5.41, 5.74) is 1.30. The van der Waals surface area contributed by atoms with Gasteiger partial charge in [-0.25, -0.2) is 4.98 Å². The van der Waals surface area contributed by atoms with Crippen LogP contribution >= 0.6 is 11.8 Å². The average Bonchev–Trinajstić information content (AvgIpc) is 2.69. The van der Waals surface area contributed by atoms with Gasteiger partial charge >= 0.3 is 0 Å². The normalized spacial score (nSPS) is 10.2. The van der Waals surface area contributed by atoms with Crippen LogP contribution in [0.2, 0.25) is 0 Å². The molecule has 2 nitrogen and oxygen atoms in total. The summed E-state index contributed by atoms with van der Waals surface area (Å²) < 4.78 is 4.87. The molecule has 0 atom stereocenters. The first-order valence-corrected chi connectivity index (χ1v) is 4.98. The Morgan fingerprint density at radius 1 is 1.23 bits per heavy atom. The van der Waals surface area contributed by atoms with Crippen LogP contribution in [-0.4, -0.2) is 4.98 Å². The highest BCUT2D eigenvalue weighted by Crippen LogP contribution is 2.19. The van der Waals surface area contributed by atoms with Gasteiger partial charge in [-0.15, -0.1) is 0 Å². The maximum absolute atomic E-state index is 4.87. The van der Waals surface area contributed by atoms with Gasteiger partial charge in [0, 0.05) is 5.75 Å². The van der Waals surface area contributed by atoms with Crippen molar-refractivity contribution in [3.8, 4) is 0 Å². The van der Waals surface area contributed by atoms with E-state index in [1.165, 1.54) is 12.0 Å². The lowest BCUT2D eigenvalue weighted by Crippen LogP contribution is -1.78. The molecule has 0 N–H and O–H groups in total. The van der Waals surface area contributed by atoms with Crippen LogP contribution in [0.5, 0.6) is 0 Å². The van der Waals surface area contributed by atoms with Crippen molar-refractivity contribution in [3.63, 3.8) is 0 Å². The summed E-state index contributed by atoms with van der Waals surface area (Å²) in [5.74, 6) is 0.938. The molecule has 0 spiro atoms. The quantitative estimate of drug-likeness (QED) is 0.697. The zero-order valence-corrected chi connectivity index (χ0v) is 7.83. The summed E-state index contributed by atoms with van der Waals surface area (Å²) in [6, 6.07) is 10.3. The van der Waals surface area contributed by atoms with Crippen LogP contribution in [-0.2, 0) is 5.75 Å². The van der Waals surface area contributed by atoms with Crippen molar-refractivity contribution >= 4 is 11.8 Å². The third-order valence-electron chi connectivity index (χ3n) is 1.64. The van der Waals surface area contributed by atoms with Gasteiger partial charge in [0.1, 0.15) is 11.3 Å². The number of nitrogens with zero attached hydrogens (tertiary/aromatic N) is 1. The lowest BCUT2D eigenvalue weighted by Gasteiger charge is -1.96. The number of hydrogen-bond donors (Lipinski definition) is 0. The molecular weight excluding hydrogens is 182 g/mol. The van der Waals surface area contributed by atoms with Crippen LogP contribution in [0.25, 0.3) is 0 Å².